The summed E-state index contributed by atoms with van der Waals surface area (Å²) in [6.45, 7) is 1.99. The normalized spacial score (nSPS) is 10.3. The highest BCUT2D eigenvalue weighted by molar-refractivity contribution is 8.00. The summed E-state index contributed by atoms with van der Waals surface area (Å²) in [5.41, 5.74) is 3.95. The van der Waals surface area contributed by atoms with Gasteiger partial charge >= 0.3 is 0 Å². The van der Waals surface area contributed by atoms with Crippen LogP contribution in [0.5, 0.6) is 0 Å². The number of hydrogen-bond donors (Lipinski definition) is 1. The van der Waals surface area contributed by atoms with Crippen LogP contribution in [0.25, 0.3) is 11.3 Å². The maximum atomic E-state index is 12.2. The number of benzene rings is 2. The lowest BCUT2D eigenvalue weighted by atomic mass is 10.1. The topological polar surface area (TPSA) is 65.8 Å². The number of pyridine rings is 1. The molecule has 0 unspecified atom stereocenters. The van der Waals surface area contributed by atoms with Crippen LogP contribution < -0.4 is 5.32 Å². The molecule has 0 fully saturated rings. The Kier molecular flexibility index (Phi) is 6.12. The highest BCUT2D eigenvalue weighted by atomic mass is 35.5. The Labute approximate surface area is 167 Å². The lowest BCUT2D eigenvalue weighted by Gasteiger charge is -2.08. The molecule has 1 N–H and O–H groups in total. The molecular formula is C21H16ClN3OS. The largest absolute Gasteiger partial charge is 0.325 e. The maximum absolute atomic E-state index is 12.2. The molecule has 0 radical (unpaired) electrons. The average molecular weight is 394 g/mol. The van der Waals surface area contributed by atoms with Crippen molar-refractivity contribution in [3.63, 3.8) is 0 Å². The van der Waals surface area contributed by atoms with Crippen molar-refractivity contribution < 1.29 is 4.79 Å². The second kappa shape index (κ2) is 8.72. The Morgan fingerprint density at radius 1 is 1.11 bits per heavy atom. The number of nitriles is 1. The number of thioether (sulfide) groups is 1. The molecule has 2 aromatic carbocycles. The Morgan fingerprint density at radius 3 is 2.48 bits per heavy atom. The molecule has 3 aromatic rings. The lowest BCUT2D eigenvalue weighted by molar-refractivity contribution is -0.113. The second-order valence-corrected chi connectivity index (χ2v) is 7.27. The number of carbonyl (C=O) groups is 1. The molecule has 0 atom stereocenters. The molecule has 4 nitrogen and oxygen atoms in total. The Morgan fingerprint density at radius 2 is 1.81 bits per heavy atom. The van der Waals surface area contributed by atoms with E-state index in [1.54, 1.807) is 24.3 Å². The number of amides is 1. The van der Waals surface area contributed by atoms with Crippen molar-refractivity contribution in [1.29, 1.82) is 5.26 Å². The van der Waals surface area contributed by atoms with Gasteiger partial charge in [0.2, 0.25) is 5.91 Å². The summed E-state index contributed by atoms with van der Waals surface area (Å²) in [5, 5.41) is 13.3. The molecule has 6 heteroatoms. The first-order valence-electron chi connectivity index (χ1n) is 8.21. The van der Waals surface area contributed by atoms with Gasteiger partial charge in [0.1, 0.15) is 11.1 Å². The summed E-state index contributed by atoms with van der Waals surface area (Å²) in [7, 11) is 0. The third-order valence-corrected chi connectivity index (χ3v) is 5.04. The maximum Gasteiger partial charge on any atom is 0.234 e. The zero-order valence-electron chi connectivity index (χ0n) is 14.6. The number of halogens is 1. The van der Waals surface area contributed by atoms with Crippen LogP contribution >= 0.6 is 23.4 Å². The molecule has 0 spiro atoms. The molecule has 1 aromatic heterocycles. The van der Waals surface area contributed by atoms with Gasteiger partial charge in [-0.2, -0.15) is 5.26 Å². The van der Waals surface area contributed by atoms with Crippen molar-refractivity contribution in [1.82, 2.24) is 4.98 Å². The van der Waals surface area contributed by atoms with Gasteiger partial charge in [0.15, 0.2) is 0 Å². The molecule has 27 heavy (non-hydrogen) atoms. The van der Waals surface area contributed by atoms with Gasteiger partial charge in [0, 0.05) is 16.3 Å². The third kappa shape index (κ3) is 5.10. The number of hydrogen-bond acceptors (Lipinski definition) is 4. The van der Waals surface area contributed by atoms with E-state index in [4.69, 9.17) is 11.6 Å². The van der Waals surface area contributed by atoms with Crippen LogP contribution in [-0.4, -0.2) is 16.6 Å². The van der Waals surface area contributed by atoms with E-state index in [1.807, 2.05) is 43.3 Å². The van der Waals surface area contributed by atoms with E-state index in [-0.39, 0.29) is 11.7 Å². The van der Waals surface area contributed by atoms with Gasteiger partial charge in [-0.3, -0.25) is 4.79 Å². The molecular weight excluding hydrogens is 378 g/mol. The highest BCUT2D eigenvalue weighted by Crippen LogP contribution is 2.26. The van der Waals surface area contributed by atoms with Gasteiger partial charge in [-0.05, 0) is 43.3 Å². The van der Waals surface area contributed by atoms with Crippen molar-refractivity contribution >= 4 is 35.0 Å². The third-order valence-electron chi connectivity index (χ3n) is 3.80. The summed E-state index contributed by atoms with van der Waals surface area (Å²) in [5.74, 6) is 0.0195. The summed E-state index contributed by atoms with van der Waals surface area (Å²) in [4.78, 5) is 16.8. The van der Waals surface area contributed by atoms with Crippen LogP contribution in [0.1, 0.15) is 11.1 Å². The number of carbonyl (C=O) groups excluding carboxylic acids is 1. The summed E-state index contributed by atoms with van der Waals surface area (Å²) in [6, 6.07) is 20.6. The monoisotopic (exact) mass is 393 g/mol. The first-order chi connectivity index (χ1) is 13.0. The SMILES string of the molecule is Cc1ccc(NC(=O)CSc2nc(-c3ccc(Cl)cc3)ccc2C#N)cc1. The fourth-order valence-electron chi connectivity index (χ4n) is 2.38. The minimum absolute atomic E-state index is 0.147. The molecule has 0 aliphatic rings. The van der Waals surface area contributed by atoms with Crippen molar-refractivity contribution in [3.05, 3.63) is 76.8 Å². The van der Waals surface area contributed by atoms with Crippen LogP contribution in [0.4, 0.5) is 5.69 Å². The number of aromatic nitrogens is 1. The van der Waals surface area contributed by atoms with E-state index in [0.29, 0.717) is 15.6 Å². The molecule has 1 amide bonds. The first kappa shape index (κ1) is 19.0. The molecule has 0 aliphatic carbocycles. The standard InChI is InChI=1S/C21H16ClN3OS/c1-14-2-9-18(10-3-14)24-20(26)13-27-21-16(12-23)6-11-19(25-21)15-4-7-17(22)8-5-15/h2-11H,13H2,1H3,(H,24,26). The molecule has 1 heterocycles. The number of nitrogens with one attached hydrogen (secondary N) is 1. The van der Waals surface area contributed by atoms with Crippen LogP contribution in [0, 0.1) is 18.3 Å². The Bertz CT molecular complexity index is 995. The summed E-state index contributed by atoms with van der Waals surface area (Å²) < 4.78 is 0. The van der Waals surface area contributed by atoms with E-state index in [1.165, 1.54) is 11.8 Å². The van der Waals surface area contributed by atoms with Crippen LogP contribution in [0.2, 0.25) is 5.02 Å². The first-order valence-corrected chi connectivity index (χ1v) is 9.58. The van der Waals surface area contributed by atoms with Crippen molar-refractivity contribution in [2.75, 3.05) is 11.1 Å². The van der Waals surface area contributed by atoms with E-state index in [0.717, 1.165) is 22.5 Å². The van der Waals surface area contributed by atoms with E-state index in [9.17, 15) is 10.1 Å². The molecule has 0 saturated heterocycles. The predicted octanol–water partition coefficient (Wildman–Crippen LogP) is 5.31. The van der Waals surface area contributed by atoms with E-state index < -0.39 is 0 Å². The number of rotatable bonds is 5. The zero-order chi connectivity index (χ0) is 19.2. The number of nitrogens with zero attached hydrogens (tertiary/aromatic N) is 2. The minimum atomic E-state index is -0.147. The number of anilines is 1. The Balaban J connectivity index is 1.72. The number of aryl methyl sites for hydroxylation is 1. The molecule has 3 rings (SSSR count). The smallest absolute Gasteiger partial charge is 0.234 e. The molecule has 0 aliphatic heterocycles. The Hall–Kier alpha value is -2.81. The second-order valence-electron chi connectivity index (χ2n) is 5.87. The lowest BCUT2D eigenvalue weighted by Crippen LogP contribution is -2.14. The van der Waals surface area contributed by atoms with Crippen LogP contribution in [0.15, 0.2) is 65.7 Å². The predicted molar refractivity (Wildman–Crippen MR) is 110 cm³/mol. The van der Waals surface area contributed by atoms with Gasteiger partial charge in [-0.25, -0.2) is 4.98 Å². The fourth-order valence-corrected chi connectivity index (χ4v) is 3.28. The van der Waals surface area contributed by atoms with Crippen molar-refractivity contribution in [3.8, 4) is 17.3 Å². The quantitative estimate of drug-likeness (QED) is 0.596. The van der Waals surface area contributed by atoms with Gasteiger partial charge in [-0.15, -0.1) is 0 Å². The minimum Gasteiger partial charge on any atom is -0.325 e. The molecule has 0 bridgehead atoms. The van der Waals surface area contributed by atoms with Gasteiger partial charge < -0.3 is 5.32 Å². The fraction of sp³-hybridized carbons (Fsp3) is 0.0952. The summed E-state index contributed by atoms with van der Waals surface area (Å²) >= 11 is 7.17. The van der Waals surface area contributed by atoms with E-state index in [2.05, 4.69) is 16.4 Å². The van der Waals surface area contributed by atoms with Crippen molar-refractivity contribution in [2.24, 2.45) is 0 Å². The van der Waals surface area contributed by atoms with Crippen molar-refractivity contribution in [2.45, 2.75) is 11.9 Å². The molecule has 0 saturated carbocycles. The average Bonchev–Trinajstić information content (AvgIpc) is 2.68. The van der Waals surface area contributed by atoms with Crippen LogP contribution in [0.3, 0.4) is 0 Å². The van der Waals surface area contributed by atoms with Crippen LogP contribution in [-0.2, 0) is 4.79 Å². The highest BCUT2D eigenvalue weighted by Gasteiger charge is 2.11. The van der Waals surface area contributed by atoms with E-state index >= 15 is 0 Å². The molecule has 134 valence electrons. The zero-order valence-corrected chi connectivity index (χ0v) is 16.1. The summed E-state index contributed by atoms with van der Waals surface area (Å²) in [6.07, 6.45) is 0. The van der Waals surface area contributed by atoms with Gasteiger partial charge in [-0.1, -0.05) is 53.2 Å². The van der Waals surface area contributed by atoms with Gasteiger partial charge in [0.25, 0.3) is 0 Å². The van der Waals surface area contributed by atoms with Gasteiger partial charge in [0.05, 0.1) is 17.0 Å².